The van der Waals surface area contributed by atoms with Crippen molar-refractivity contribution in [1.82, 2.24) is 15.2 Å². The molecular formula is C17H20ClN3O3. The Hall–Kier alpha value is -2.31. The van der Waals surface area contributed by atoms with Gasteiger partial charge in [-0.2, -0.15) is 0 Å². The summed E-state index contributed by atoms with van der Waals surface area (Å²) >= 11 is 0. The summed E-state index contributed by atoms with van der Waals surface area (Å²) in [6.07, 6.45) is 1.68. The summed E-state index contributed by atoms with van der Waals surface area (Å²) < 4.78 is 11.1. The molecule has 0 unspecified atom stereocenters. The zero-order valence-electron chi connectivity index (χ0n) is 13.2. The fourth-order valence-corrected chi connectivity index (χ4v) is 2.28. The quantitative estimate of drug-likeness (QED) is 0.895. The van der Waals surface area contributed by atoms with Crippen LogP contribution < -0.4 is 14.8 Å². The number of carbonyl (C=O) groups excluding carboxylic acids is 1. The molecule has 0 bridgehead atoms. The number of benzene rings is 1. The third-order valence-corrected chi connectivity index (χ3v) is 3.52. The zero-order chi connectivity index (χ0) is 15.9. The molecule has 1 aromatic heterocycles. The van der Waals surface area contributed by atoms with Gasteiger partial charge in [0.15, 0.2) is 6.61 Å². The molecule has 6 nitrogen and oxygen atoms in total. The Bertz CT molecular complexity index is 631. The van der Waals surface area contributed by atoms with Crippen LogP contribution >= 0.6 is 12.4 Å². The van der Waals surface area contributed by atoms with Crippen molar-refractivity contribution < 1.29 is 14.3 Å². The highest BCUT2D eigenvalue weighted by Crippen LogP contribution is 2.22. The summed E-state index contributed by atoms with van der Waals surface area (Å²) in [6.45, 7) is 3.20. The van der Waals surface area contributed by atoms with E-state index in [9.17, 15) is 4.79 Å². The second kappa shape index (κ2) is 9.10. The average Bonchev–Trinajstić information content (AvgIpc) is 2.62. The van der Waals surface area contributed by atoms with Gasteiger partial charge in [-0.05, 0) is 30.3 Å². The van der Waals surface area contributed by atoms with Gasteiger partial charge in [0.1, 0.15) is 11.5 Å². The van der Waals surface area contributed by atoms with Crippen LogP contribution in [0, 0.1) is 0 Å². The Balaban J connectivity index is 0.00000208. The van der Waals surface area contributed by atoms with Crippen molar-refractivity contribution in [2.75, 3.05) is 32.8 Å². The van der Waals surface area contributed by atoms with E-state index in [0.29, 0.717) is 17.4 Å². The molecule has 0 aliphatic carbocycles. The molecule has 0 radical (unpaired) electrons. The Labute approximate surface area is 147 Å². The largest absolute Gasteiger partial charge is 0.484 e. The molecule has 0 spiro atoms. The zero-order valence-corrected chi connectivity index (χ0v) is 14.0. The van der Waals surface area contributed by atoms with Gasteiger partial charge >= 0.3 is 0 Å². The van der Waals surface area contributed by atoms with Crippen LogP contribution in [0.2, 0.25) is 0 Å². The SMILES string of the molecule is Cl.O=C(COc1ccc(Oc2ccccn2)cc1)N1CCNCC1. The van der Waals surface area contributed by atoms with E-state index in [1.807, 2.05) is 17.0 Å². The number of pyridine rings is 1. The molecule has 1 aromatic carbocycles. The van der Waals surface area contributed by atoms with Crippen LogP contribution in [-0.4, -0.2) is 48.6 Å². The maximum atomic E-state index is 12.0. The number of ether oxygens (including phenoxy) is 2. The van der Waals surface area contributed by atoms with Crippen LogP contribution in [0.3, 0.4) is 0 Å². The van der Waals surface area contributed by atoms with Gasteiger partial charge in [0.2, 0.25) is 5.88 Å². The second-order valence-corrected chi connectivity index (χ2v) is 5.16. The molecule has 24 heavy (non-hydrogen) atoms. The molecular weight excluding hydrogens is 330 g/mol. The minimum Gasteiger partial charge on any atom is -0.484 e. The first kappa shape index (κ1) is 18.0. The van der Waals surface area contributed by atoms with Gasteiger partial charge in [0.05, 0.1) is 0 Å². The lowest BCUT2D eigenvalue weighted by atomic mass is 10.3. The Kier molecular flexibility index (Phi) is 6.84. The third kappa shape index (κ3) is 5.11. The van der Waals surface area contributed by atoms with E-state index in [4.69, 9.17) is 9.47 Å². The number of nitrogens with one attached hydrogen (secondary N) is 1. The lowest BCUT2D eigenvalue weighted by molar-refractivity contribution is -0.133. The maximum absolute atomic E-state index is 12.0. The van der Waals surface area contributed by atoms with Crippen molar-refractivity contribution in [3.63, 3.8) is 0 Å². The van der Waals surface area contributed by atoms with Crippen molar-refractivity contribution >= 4 is 18.3 Å². The smallest absolute Gasteiger partial charge is 0.260 e. The van der Waals surface area contributed by atoms with Crippen molar-refractivity contribution in [1.29, 1.82) is 0 Å². The number of aromatic nitrogens is 1. The minimum atomic E-state index is 0. The van der Waals surface area contributed by atoms with Gasteiger partial charge in [-0.15, -0.1) is 12.4 Å². The molecule has 1 N–H and O–H groups in total. The highest BCUT2D eigenvalue weighted by molar-refractivity contribution is 5.85. The van der Waals surface area contributed by atoms with Crippen LogP contribution in [0.4, 0.5) is 0 Å². The van der Waals surface area contributed by atoms with Crippen LogP contribution in [0.1, 0.15) is 0 Å². The number of carbonyl (C=O) groups is 1. The normalized spacial score (nSPS) is 13.8. The number of rotatable bonds is 5. The summed E-state index contributed by atoms with van der Waals surface area (Å²) in [6, 6.07) is 12.6. The van der Waals surface area contributed by atoms with Gasteiger partial charge in [-0.1, -0.05) is 6.07 Å². The maximum Gasteiger partial charge on any atom is 0.260 e. The van der Waals surface area contributed by atoms with E-state index in [0.717, 1.165) is 26.2 Å². The van der Waals surface area contributed by atoms with Crippen molar-refractivity contribution in [3.8, 4) is 17.4 Å². The molecule has 128 valence electrons. The monoisotopic (exact) mass is 349 g/mol. The van der Waals surface area contributed by atoms with E-state index in [1.54, 1.807) is 36.5 Å². The standard InChI is InChI=1S/C17H19N3O3.ClH/c21-17(20-11-9-18-10-12-20)13-22-14-4-6-15(7-5-14)23-16-3-1-2-8-19-16;/h1-8,18H,9-13H2;1H. The highest BCUT2D eigenvalue weighted by atomic mass is 35.5. The van der Waals surface area contributed by atoms with E-state index in [2.05, 4.69) is 10.3 Å². The van der Waals surface area contributed by atoms with Gasteiger partial charge in [-0.25, -0.2) is 4.98 Å². The molecule has 1 fully saturated rings. The molecule has 1 saturated heterocycles. The summed E-state index contributed by atoms with van der Waals surface area (Å²) in [5, 5.41) is 3.22. The molecule has 2 heterocycles. The van der Waals surface area contributed by atoms with Crippen LogP contribution in [0.5, 0.6) is 17.4 Å². The Morgan fingerprint density at radius 3 is 2.46 bits per heavy atom. The second-order valence-electron chi connectivity index (χ2n) is 5.16. The summed E-state index contributed by atoms with van der Waals surface area (Å²) in [5.74, 6) is 1.86. The third-order valence-electron chi connectivity index (χ3n) is 3.52. The van der Waals surface area contributed by atoms with Gasteiger partial charge < -0.3 is 19.7 Å². The fraction of sp³-hybridized carbons (Fsp3) is 0.294. The molecule has 1 aliphatic heterocycles. The molecule has 1 amide bonds. The molecule has 3 rings (SSSR count). The number of hydrogen-bond acceptors (Lipinski definition) is 5. The predicted molar refractivity (Wildman–Crippen MR) is 92.9 cm³/mol. The first-order valence-corrected chi connectivity index (χ1v) is 7.61. The molecule has 2 aromatic rings. The van der Waals surface area contributed by atoms with Crippen molar-refractivity contribution in [2.24, 2.45) is 0 Å². The van der Waals surface area contributed by atoms with E-state index < -0.39 is 0 Å². The van der Waals surface area contributed by atoms with Crippen LogP contribution in [-0.2, 0) is 4.79 Å². The van der Waals surface area contributed by atoms with Gasteiger partial charge in [0, 0.05) is 38.4 Å². The minimum absolute atomic E-state index is 0. The number of piperazine rings is 1. The molecule has 0 atom stereocenters. The number of halogens is 1. The van der Waals surface area contributed by atoms with Gasteiger partial charge in [0.25, 0.3) is 5.91 Å². The lowest BCUT2D eigenvalue weighted by Crippen LogP contribution is -2.47. The number of hydrogen-bond donors (Lipinski definition) is 1. The summed E-state index contributed by atoms with van der Waals surface area (Å²) in [4.78, 5) is 17.9. The summed E-state index contributed by atoms with van der Waals surface area (Å²) in [5.41, 5.74) is 0. The van der Waals surface area contributed by atoms with Crippen LogP contribution in [0.25, 0.3) is 0 Å². The van der Waals surface area contributed by atoms with E-state index in [-0.39, 0.29) is 24.9 Å². The number of amides is 1. The van der Waals surface area contributed by atoms with E-state index >= 15 is 0 Å². The Morgan fingerprint density at radius 1 is 1.08 bits per heavy atom. The highest BCUT2D eigenvalue weighted by Gasteiger charge is 2.16. The Morgan fingerprint density at radius 2 is 1.79 bits per heavy atom. The van der Waals surface area contributed by atoms with Gasteiger partial charge in [-0.3, -0.25) is 4.79 Å². The average molecular weight is 350 g/mol. The molecule has 7 heteroatoms. The summed E-state index contributed by atoms with van der Waals surface area (Å²) in [7, 11) is 0. The topological polar surface area (TPSA) is 63.7 Å². The van der Waals surface area contributed by atoms with Crippen LogP contribution in [0.15, 0.2) is 48.7 Å². The first-order chi connectivity index (χ1) is 11.3. The first-order valence-electron chi connectivity index (χ1n) is 7.61. The fourth-order valence-electron chi connectivity index (χ4n) is 2.28. The lowest BCUT2D eigenvalue weighted by Gasteiger charge is -2.27. The van der Waals surface area contributed by atoms with E-state index in [1.165, 1.54) is 0 Å². The van der Waals surface area contributed by atoms with Crippen molar-refractivity contribution in [2.45, 2.75) is 0 Å². The molecule has 1 aliphatic rings. The predicted octanol–water partition coefficient (Wildman–Crippen LogP) is 2.11. The van der Waals surface area contributed by atoms with Crippen molar-refractivity contribution in [3.05, 3.63) is 48.7 Å². The number of nitrogens with zero attached hydrogens (tertiary/aromatic N) is 2. The molecule has 0 saturated carbocycles.